The standard InChI is InChI=1S/C14H29N3O3/c1-7-12(18)16-10(4)14(20)17(6)11(8-9(2)3)13(19)15-5/h9-11,14,20H,7-8H2,1-6H3,(H,15,19)(H,16,18)/t10-,11+,14+/m1/s1. The van der Waals surface area contributed by atoms with Crippen molar-refractivity contribution in [2.24, 2.45) is 5.92 Å². The molecular weight excluding hydrogens is 258 g/mol. The van der Waals surface area contributed by atoms with E-state index in [0.717, 1.165) is 0 Å². The third-order valence-electron chi connectivity index (χ3n) is 3.31. The van der Waals surface area contributed by atoms with Gasteiger partial charge < -0.3 is 15.7 Å². The Morgan fingerprint density at radius 1 is 1.25 bits per heavy atom. The molecule has 0 fully saturated rings. The second-order valence-electron chi connectivity index (χ2n) is 5.55. The summed E-state index contributed by atoms with van der Waals surface area (Å²) in [4.78, 5) is 24.9. The fourth-order valence-corrected chi connectivity index (χ4v) is 2.04. The number of hydrogen-bond acceptors (Lipinski definition) is 4. The molecule has 6 heteroatoms. The molecule has 0 heterocycles. The molecule has 0 aliphatic carbocycles. The molecule has 0 saturated heterocycles. The number of carbonyl (C=O) groups is 2. The van der Waals surface area contributed by atoms with Crippen LogP contribution in [-0.2, 0) is 9.59 Å². The Morgan fingerprint density at radius 3 is 2.20 bits per heavy atom. The van der Waals surface area contributed by atoms with E-state index >= 15 is 0 Å². The molecule has 0 aliphatic heterocycles. The Morgan fingerprint density at radius 2 is 1.80 bits per heavy atom. The summed E-state index contributed by atoms with van der Waals surface area (Å²) in [6.45, 7) is 7.53. The minimum Gasteiger partial charge on any atom is -0.376 e. The van der Waals surface area contributed by atoms with Gasteiger partial charge in [0.05, 0.1) is 12.1 Å². The lowest BCUT2D eigenvalue weighted by molar-refractivity contribution is -0.132. The third kappa shape index (κ3) is 5.88. The molecule has 2 amide bonds. The van der Waals surface area contributed by atoms with Crippen LogP contribution in [0.25, 0.3) is 0 Å². The Bertz CT molecular complexity index is 321. The molecular formula is C14H29N3O3. The zero-order chi connectivity index (χ0) is 15.9. The summed E-state index contributed by atoms with van der Waals surface area (Å²) >= 11 is 0. The highest BCUT2D eigenvalue weighted by Crippen LogP contribution is 2.14. The highest BCUT2D eigenvalue weighted by Gasteiger charge is 2.30. The van der Waals surface area contributed by atoms with Gasteiger partial charge in [0.1, 0.15) is 6.23 Å². The average Bonchev–Trinajstić information content (AvgIpc) is 2.41. The number of rotatable bonds is 8. The topological polar surface area (TPSA) is 81.7 Å². The van der Waals surface area contributed by atoms with Crippen molar-refractivity contribution in [2.75, 3.05) is 14.1 Å². The molecule has 0 aromatic carbocycles. The number of aliphatic hydroxyl groups excluding tert-OH is 1. The van der Waals surface area contributed by atoms with Gasteiger partial charge in [-0.05, 0) is 26.3 Å². The summed E-state index contributed by atoms with van der Waals surface area (Å²) in [5.41, 5.74) is 0. The number of likely N-dealkylation sites (N-methyl/N-ethyl adjacent to an activating group) is 2. The molecule has 0 aromatic heterocycles. The number of hydrogen-bond donors (Lipinski definition) is 3. The quantitative estimate of drug-likeness (QED) is 0.561. The van der Waals surface area contributed by atoms with Crippen LogP contribution in [0.5, 0.6) is 0 Å². The summed E-state index contributed by atoms with van der Waals surface area (Å²) in [6, 6.07) is -0.859. The lowest BCUT2D eigenvalue weighted by Gasteiger charge is -2.35. The SMILES string of the molecule is CCC(=O)N[C@H](C)[C@H](O)N(C)[C@@H](CC(C)C)C(=O)NC. The number of nitrogens with zero attached hydrogens (tertiary/aromatic N) is 1. The number of nitrogens with one attached hydrogen (secondary N) is 2. The first-order valence-electron chi connectivity index (χ1n) is 7.15. The fourth-order valence-electron chi connectivity index (χ4n) is 2.04. The molecule has 0 bridgehead atoms. The first-order chi connectivity index (χ1) is 9.24. The van der Waals surface area contributed by atoms with E-state index in [0.29, 0.717) is 18.8 Å². The fraction of sp³-hybridized carbons (Fsp3) is 0.857. The predicted octanol–water partition coefficient (Wildman–Crippen LogP) is 0.312. The average molecular weight is 287 g/mol. The van der Waals surface area contributed by atoms with Crippen LogP contribution in [0.3, 0.4) is 0 Å². The van der Waals surface area contributed by atoms with E-state index in [1.54, 1.807) is 32.8 Å². The van der Waals surface area contributed by atoms with E-state index in [1.807, 2.05) is 13.8 Å². The molecule has 3 N–H and O–H groups in total. The van der Waals surface area contributed by atoms with Gasteiger partial charge >= 0.3 is 0 Å². The van der Waals surface area contributed by atoms with Gasteiger partial charge in [0.15, 0.2) is 0 Å². The first-order valence-corrected chi connectivity index (χ1v) is 7.15. The molecule has 20 heavy (non-hydrogen) atoms. The van der Waals surface area contributed by atoms with Crippen molar-refractivity contribution in [1.82, 2.24) is 15.5 Å². The Hall–Kier alpha value is -1.14. The van der Waals surface area contributed by atoms with Crippen LogP contribution in [0.2, 0.25) is 0 Å². The lowest BCUT2D eigenvalue weighted by Crippen LogP contribution is -2.55. The van der Waals surface area contributed by atoms with Crippen molar-refractivity contribution in [3.05, 3.63) is 0 Å². The van der Waals surface area contributed by atoms with Crippen LogP contribution in [0.4, 0.5) is 0 Å². The maximum atomic E-state index is 11.9. The van der Waals surface area contributed by atoms with E-state index in [-0.39, 0.29) is 11.8 Å². The molecule has 0 unspecified atom stereocenters. The van der Waals surface area contributed by atoms with Crippen molar-refractivity contribution in [1.29, 1.82) is 0 Å². The summed E-state index contributed by atoms with van der Waals surface area (Å²) in [6.07, 6.45) is 0.0967. The van der Waals surface area contributed by atoms with E-state index in [2.05, 4.69) is 10.6 Å². The predicted molar refractivity (Wildman–Crippen MR) is 79.0 cm³/mol. The molecule has 0 spiro atoms. The smallest absolute Gasteiger partial charge is 0.237 e. The summed E-state index contributed by atoms with van der Waals surface area (Å²) in [7, 11) is 3.28. The van der Waals surface area contributed by atoms with Gasteiger partial charge in [-0.1, -0.05) is 20.8 Å². The monoisotopic (exact) mass is 287 g/mol. The highest BCUT2D eigenvalue weighted by atomic mass is 16.3. The zero-order valence-electron chi connectivity index (χ0n) is 13.4. The van der Waals surface area contributed by atoms with Crippen molar-refractivity contribution in [3.63, 3.8) is 0 Å². The van der Waals surface area contributed by atoms with Crippen LogP contribution >= 0.6 is 0 Å². The van der Waals surface area contributed by atoms with Gasteiger partial charge in [0, 0.05) is 13.5 Å². The van der Waals surface area contributed by atoms with Gasteiger partial charge in [0.2, 0.25) is 11.8 Å². The zero-order valence-corrected chi connectivity index (χ0v) is 13.4. The molecule has 6 nitrogen and oxygen atoms in total. The highest BCUT2D eigenvalue weighted by molar-refractivity contribution is 5.81. The minimum atomic E-state index is -0.911. The van der Waals surface area contributed by atoms with E-state index < -0.39 is 18.3 Å². The summed E-state index contributed by atoms with van der Waals surface area (Å²) in [5, 5.41) is 15.6. The van der Waals surface area contributed by atoms with Crippen LogP contribution in [0.15, 0.2) is 0 Å². The third-order valence-corrected chi connectivity index (χ3v) is 3.31. The van der Waals surface area contributed by atoms with Crippen LogP contribution in [0, 0.1) is 5.92 Å². The first kappa shape index (κ1) is 18.9. The van der Waals surface area contributed by atoms with Crippen molar-refractivity contribution in [3.8, 4) is 0 Å². The van der Waals surface area contributed by atoms with Gasteiger partial charge in [-0.3, -0.25) is 14.5 Å². The maximum Gasteiger partial charge on any atom is 0.237 e. The van der Waals surface area contributed by atoms with Crippen LogP contribution in [-0.4, -0.2) is 54.2 Å². The number of amides is 2. The van der Waals surface area contributed by atoms with Crippen LogP contribution < -0.4 is 10.6 Å². The largest absolute Gasteiger partial charge is 0.376 e. The normalized spacial score (nSPS) is 15.8. The Labute approximate surface area is 121 Å². The summed E-state index contributed by atoms with van der Waals surface area (Å²) < 4.78 is 0. The second-order valence-corrected chi connectivity index (χ2v) is 5.55. The molecule has 0 rings (SSSR count). The van der Waals surface area contributed by atoms with Gasteiger partial charge in [-0.25, -0.2) is 0 Å². The van der Waals surface area contributed by atoms with Crippen molar-refractivity contribution >= 4 is 11.8 Å². The molecule has 0 radical (unpaired) electrons. The molecule has 0 aromatic rings. The van der Waals surface area contributed by atoms with E-state index in [1.165, 1.54) is 0 Å². The van der Waals surface area contributed by atoms with Gasteiger partial charge in [-0.15, -0.1) is 0 Å². The van der Waals surface area contributed by atoms with Gasteiger partial charge in [-0.2, -0.15) is 0 Å². The molecule has 118 valence electrons. The molecule has 0 aliphatic rings. The Kier molecular flexibility index (Phi) is 8.41. The maximum absolute atomic E-state index is 11.9. The molecule has 0 saturated carbocycles. The van der Waals surface area contributed by atoms with E-state index in [4.69, 9.17) is 0 Å². The van der Waals surface area contributed by atoms with Crippen molar-refractivity contribution < 1.29 is 14.7 Å². The summed E-state index contributed by atoms with van der Waals surface area (Å²) in [5.74, 6) is 0.0760. The van der Waals surface area contributed by atoms with E-state index in [9.17, 15) is 14.7 Å². The second kappa shape index (κ2) is 8.92. The number of carbonyl (C=O) groups excluding carboxylic acids is 2. The Balaban J connectivity index is 4.81. The lowest BCUT2D eigenvalue weighted by atomic mass is 10.0. The van der Waals surface area contributed by atoms with Crippen molar-refractivity contribution in [2.45, 2.75) is 58.8 Å². The molecule has 3 atom stereocenters. The van der Waals surface area contributed by atoms with Gasteiger partial charge in [0.25, 0.3) is 0 Å². The van der Waals surface area contributed by atoms with Crippen LogP contribution in [0.1, 0.15) is 40.5 Å². The minimum absolute atomic E-state index is 0.120. The number of aliphatic hydroxyl groups is 1.